The van der Waals surface area contributed by atoms with Gasteiger partial charge in [-0.15, -0.1) is 0 Å². The molecule has 0 aliphatic rings. The molecule has 5 nitrogen and oxygen atoms in total. The van der Waals surface area contributed by atoms with E-state index in [0.29, 0.717) is 11.1 Å². The number of carbonyl (C=O) groups is 1. The van der Waals surface area contributed by atoms with Crippen molar-refractivity contribution >= 4 is 35.5 Å². The number of anilines is 1. The summed E-state index contributed by atoms with van der Waals surface area (Å²) in [5, 5.41) is 9.57. The van der Waals surface area contributed by atoms with E-state index in [2.05, 4.69) is 55.6 Å². The summed E-state index contributed by atoms with van der Waals surface area (Å²) in [5.41, 5.74) is 5.42. The molecule has 0 aliphatic heterocycles. The van der Waals surface area contributed by atoms with Crippen LogP contribution in [0.25, 0.3) is 11.3 Å². The molecule has 0 saturated heterocycles. The third-order valence-corrected chi connectivity index (χ3v) is 5.89. The molecule has 162 valence electrons. The molecule has 31 heavy (non-hydrogen) atoms. The zero-order valence-electron chi connectivity index (χ0n) is 18.3. The first kappa shape index (κ1) is 23.1. The van der Waals surface area contributed by atoms with E-state index in [9.17, 15) is 9.90 Å². The molecule has 0 spiro atoms. The first-order valence-electron chi connectivity index (χ1n) is 9.94. The molecule has 2 N–H and O–H groups in total. The molecular weight excluding hydrogens is 430 g/mol. The van der Waals surface area contributed by atoms with Crippen LogP contribution in [0.4, 0.5) is 5.95 Å². The molecule has 0 atom stereocenters. The van der Waals surface area contributed by atoms with Crippen molar-refractivity contribution in [2.24, 2.45) is 5.41 Å². The summed E-state index contributed by atoms with van der Waals surface area (Å²) in [6.45, 7) is 10.7. The maximum atomic E-state index is 11.2. The first-order chi connectivity index (χ1) is 14.5. The molecular formula is C24H26ClN3O2S. The average Bonchev–Trinajstić information content (AvgIpc) is 2.68. The zero-order valence-corrected chi connectivity index (χ0v) is 19.9. The Hall–Kier alpha value is -2.57. The number of halogens is 1. The number of carboxylic acids is 1. The van der Waals surface area contributed by atoms with Crippen molar-refractivity contribution in [1.29, 1.82) is 0 Å². The van der Waals surface area contributed by atoms with E-state index in [4.69, 9.17) is 16.6 Å². The van der Waals surface area contributed by atoms with Crippen LogP contribution in [-0.4, -0.2) is 21.0 Å². The van der Waals surface area contributed by atoms with Crippen molar-refractivity contribution in [1.82, 2.24) is 9.97 Å². The highest BCUT2D eigenvalue weighted by molar-refractivity contribution is 8.00. The van der Waals surface area contributed by atoms with Gasteiger partial charge in [0, 0.05) is 16.0 Å². The number of benzene rings is 2. The number of nitrogens with zero attached hydrogens (tertiary/aromatic N) is 2. The lowest BCUT2D eigenvalue weighted by Crippen LogP contribution is -2.11. The van der Waals surface area contributed by atoms with E-state index in [1.165, 1.54) is 17.5 Å². The molecule has 3 aromatic rings. The lowest BCUT2D eigenvalue weighted by Gasteiger charge is -2.22. The van der Waals surface area contributed by atoms with Crippen LogP contribution in [0.3, 0.4) is 0 Å². The van der Waals surface area contributed by atoms with Gasteiger partial charge in [-0.2, -0.15) is 0 Å². The molecule has 1 aromatic heterocycles. The lowest BCUT2D eigenvalue weighted by molar-refractivity contribution is 0.0696. The number of nitrogens with one attached hydrogen (secondary N) is 1. The minimum absolute atomic E-state index is 0.124. The SMILES string of the molecule is Cc1cccc(CC(C)(C)C)c1-c1nc(NSc2cccc(C(=O)O)c2)nc(Cl)c1C. The predicted octanol–water partition coefficient (Wildman–Crippen LogP) is 6.82. The van der Waals surface area contributed by atoms with E-state index in [-0.39, 0.29) is 11.0 Å². The molecule has 0 unspecified atom stereocenters. The summed E-state index contributed by atoms with van der Waals surface area (Å²) < 4.78 is 3.11. The molecule has 2 aromatic carbocycles. The Morgan fingerprint density at radius 3 is 2.52 bits per heavy atom. The Morgan fingerprint density at radius 1 is 1.13 bits per heavy atom. The van der Waals surface area contributed by atoms with E-state index in [0.717, 1.165) is 33.7 Å². The van der Waals surface area contributed by atoms with E-state index in [1.54, 1.807) is 18.2 Å². The van der Waals surface area contributed by atoms with Crippen LogP contribution in [0.1, 0.15) is 47.8 Å². The Bertz CT molecular complexity index is 1130. The summed E-state index contributed by atoms with van der Waals surface area (Å²) in [5.74, 6) is -0.591. The van der Waals surface area contributed by atoms with Crippen LogP contribution in [0.2, 0.25) is 5.15 Å². The van der Waals surface area contributed by atoms with Gasteiger partial charge in [-0.1, -0.05) is 56.6 Å². The quantitative estimate of drug-likeness (QED) is 0.313. The topological polar surface area (TPSA) is 75.1 Å². The molecule has 0 fully saturated rings. The van der Waals surface area contributed by atoms with Crippen LogP contribution in [0.5, 0.6) is 0 Å². The van der Waals surface area contributed by atoms with Gasteiger partial charge >= 0.3 is 5.97 Å². The van der Waals surface area contributed by atoms with Crippen molar-refractivity contribution in [2.45, 2.75) is 45.9 Å². The second-order valence-electron chi connectivity index (χ2n) is 8.70. The van der Waals surface area contributed by atoms with Gasteiger partial charge in [-0.3, -0.25) is 4.72 Å². The molecule has 0 bridgehead atoms. The molecule has 0 saturated carbocycles. The third kappa shape index (κ3) is 5.77. The summed E-state index contributed by atoms with van der Waals surface area (Å²) in [6.07, 6.45) is 0.907. The highest BCUT2D eigenvalue weighted by atomic mass is 35.5. The fourth-order valence-electron chi connectivity index (χ4n) is 3.36. The van der Waals surface area contributed by atoms with Gasteiger partial charge in [0.2, 0.25) is 5.95 Å². The highest BCUT2D eigenvalue weighted by Gasteiger charge is 2.20. The Balaban J connectivity index is 1.98. The molecule has 0 radical (unpaired) electrons. The second kappa shape index (κ2) is 9.28. The number of rotatable bonds is 6. The minimum atomic E-state index is -0.967. The average molecular weight is 456 g/mol. The maximum absolute atomic E-state index is 11.2. The fraction of sp³-hybridized carbons (Fsp3) is 0.292. The van der Waals surface area contributed by atoms with Crippen molar-refractivity contribution < 1.29 is 9.90 Å². The number of aromatic carboxylic acids is 1. The standard InChI is InChI=1S/C24H26ClN3O2S/c1-14-8-6-10-17(13-24(3,4)5)19(14)20-15(2)21(25)27-23(26-20)28-31-18-11-7-9-16(12-18)22(29)30/h6-12H,13H2,1-5H3,(H,29,30)(H,26,27,28). The van der Waals surface area contributed by atoms with Gasteiger partial charge in [0.25, 0.3) is 0 Å². The van der Waals surface area contributed by atoms with Crippen molar-refractivity contribution in [3.63, 3.8) is 0 Å². The molecule has 1 heterocycles. The maximum Gasteiger partial charge on any atom is 0.335 e. The normalized spacial score (nSPS) is 11.4. The van der Waals surface area contributed by atoms with Gasteiger partial charge in [-0.25, -0.2) is 14.8 Å². The Morgan fingerprint density at radius 2 is 1.84 bits per heavy atom. The van der Waals surface area contributed by atoms with Crippen LogP contribution < -0.4 is 4.72 Å². The van der Waals surface area contributed by atoms with Gasteiger partial charge < -0.3 is 5.11 Å². The number of aromatic nitrogens is 2. The molecule has 0 aliphatic carbocycles. The van der Waals surface area contributed by atoms with Crippen LogP contribution >= 0.6 is 23.5 Å². The second-order valence-corrected chi connectivity index (χ2v) is 9.93. The van der Waals surface area contributed by atoms with Gasteiger partial charge in [-0.05, 0) is 67.0 Å². The van der Waals surface area contributed by atoms with Crippen LogP contribution in [0.15, 0.2) is 47.4 Å². The van der Waals surface area contributed by atoms with Gasteiger partial charge in [0.1, 0.15) is 5.15 Å². The summed E-state index contributed by atoms with van der Waals surface area (Å²) in [6, 6.07) is 13.0. The Kier molecular flexibility index (Phi) is 6.92. The highest BCUT2D eigenvalue weighted by Crippen LogP contribution is 2.35. The van der Waals surface area contributed by atoms with Gasteiger partial charge in [0.05, 0.1) is 11.3 Å². The van der Waals surface area contributed by atoms with Crippen molar-refractivity contribution in [3.8, 4) is 11.3 Å². The zero-order chi connectivity index (χ0) is 22.8. The smallest absolute Gasteiger partial charge is 0.335 e. The Labute approximate surface area is 192 Å². The summed E-state index contributed by atoms with van der Waals surface area (Å²) in [7, 11) is 0. The van der Waals surface area contributed by atoms with E-state index >= 15 is 0 Å². The summed E-state index contributed by atoms with van der Waals surface area (Å²) in [4.78, 5) is 21.1. The van der Waals surface area contributed by atoms with E-state index < -0.39 is 5.97 Å². The van der Waals surface area contributed by atoms with Crippen molar-refractivity contribution in [3.05, 3.63) is 69.9 Å². The number of hydrogen-bond donors (Lipinski definition) is 2. The third-order valence-electron chi connectivity index (χ3n) is 4.74. The summed E-state index contributed by atoms with van der Waals surface area (Å²) >= 11 is 7.72. The largest absolute Gasteiger partial charge is 0.478 e. The number of aryl methyl sites for hydroxylation is 1. The minimum Gasteiger partial charge on any atom is -0.478 e. The molecule has 0 amide bonds. The van der Waals surface area contributed by atoms with Gasteiger partial charge in [0.15, 0.2) is 0 Å². The first-order valence-corrected chi connectivity index (χ1v) is 11.1. The predicted molar refractivity (Wildman–Crippen MR) is 128 cm³/mol. The molecule has 7 heteroatoms. The van der Waals surface area contributed by atoms with Crippen LogP contribution in [0, 0.1) is 19.3 Å². The van der Waals surface area contributed by atoms with Crippen molar-refractivity contribution in [2.75, 3.05) is 4.72 Å². The number of carboxylic acid groups (broad SMARTS) is 1. The monoisotopic (exact) mass is 455 g/mol. The fourth-order valence-corrected chi connectivity index (χ4v) is 4.16. The van der Waals surface area contributed by atoms with E-state index in [1.807, 2.05) is 13.0 Å². The van der Waals surface area contributed by atoms with Crippen LogP contribution in [-0.2, 0) is 6.42 Å². The molecule has 3 rings (SSSR count). The lowest BCUT2D eigenvalue weighted by atomic mass is 9.84. The number of hydrogen-bond acceptors (Lipinski definition) is 5.